The second-order valence-corrected chi connectivity index (χ2v) is 5.95. The SMILES string of the molecule is Cc1cccc([C@@H](C)NC(=O)CCC2CCCNC2)c1. The van der Waals surface area contributed by atoms with E-state index in [0.29, 0.717) is 12.3 Å². The Morgan fingerprint density at radius 2 is 2.35 bits per heavy atom. The number of hydrogen-bond acceptors (Lipinski definition) is 2. The third kappa shape index (κ3) is 4.64. The Labute approximate surface area is 122 Å². The van der Waals surface area contributed by atoms with E-state index in [2.05, 4.69) is 42.7 Å². The van der Waals surface area contributed by atoms with Crippen molar-refractivity contribution in [2.75, 3.05) is 13.1 Å². The normalized spacial score (nSPS) is 20.4. The third-order valence-corrected chi connectivity index (χ3v) is 4.10. The van der Waals surface area contributed by atoms with Crippen molar-refractivity contribution in [1.82, 2.24) is 10.6 Å². The average Bonchev–Trinajstić information content (AvgIpc) is 2.46. The number of nitrogens with one attached hydrogen (secondary N) is 2. The van der Waals surface area contributed by atoms with E-state index >= 15 is 0 Å². The van der Waals surface area contributed by atoms with Crippen molar-refractivity contribution in [2.45, 2.75) is 45.6 Å². The largest absolute Gasteiger partial charge is 0.350 e. The van der Waals surface area contributed by atoms with Crippen LogP contribution in [-0.2, 0) is 4.79 Å². The molecule has 0 saturated carbocycles. The zero-order valence-corrected chi connectivity index (χ0v) is 12.6. The standard InChI is InChI=1S/C17H26N2O/c1-13-5-3-7-16(11-13)14(2)19-17(20)9-8-15-6-4-10-18-12-15/h3,5,7,11,14-15,18H,4,6,8-10,12H2,1-2H3,(H,19,20)/t14-,15?/m1/s1. The summed E-state index contributed by atoms with van der Waals surface area (Å²) >= 11 is 0. The van der Waals surface area contributed by atoms with Crippen LogP contribution in [0.3, 0.4) is 0 Å². The fourth-order valence-electron chi connectivity index (χ4n) is 2.84. The Hall–Kier alpha value is -1.35. The quantitative estimate of drug-likeness (QED) is 0.866. The number of aryl methyl sites for hydroxylation is 1. The molecule has 0 aromatic heterocycles. The smallest absolute Gasteiger partial charge is 0.220 e. The fourth-order valence-corrected chi connectivity index (χ4v) is 2.84. The summed E-state index contributed by atoms with van der Waals surface area (Å²) in [5.41, 5.74) is 2.41. The number of carbonyl (C=O) groups excluding carboxylic acids is 1. The van der Waals surface area contributed by atoms with Crippen LogP contribution in [0.4, 0.5) is 0 Å². The second-order valence-electron chi connectivity index (χ2n) is 5.95. The van der Waals surface area contributed by atoms with Crippen molar-refractivity contribution >= 4 is 5.91 Å². The molecule has 1 heterocycles. The first-order valence-corrected chi connectivity index (χ1v) is 7.72. The molecule has 1 aliphatic rings. The number of amides is 1. The first kappa shape index (κ1) is 15.0. The Balaban J connectivity index is 1.76. The van der Waals surface area contributed by atoms with Gasteiger partial charge < -0.3 is 10.6 Å². The first-order chi connectivity index (χ1) is 9.65. The summed E-state index contributed by atoms with van der Waals surface area (Å²) in [6.07, 6.45) is 4.14. The maximum atomic E-state index is 12.0. The topological polar surface area (TPSA) is 41.1 Å². The van der Waals surface area contributed by atoms with Crippen LogP contribution in [-0.4, -0.2) is 19.0 Å². The number of hydrogen-bond donors (Lipinski definition) is 2. The van der Waals surface area contributed by atoms with Gasteiger partial charge >= 0.3 is 0 Å². The van der Waals surface area contributed by atoms with Gasteiger partial charge in [0.15, 0.2) is 0 Å². The Bertz CT molecular complexity index is 438. The molecule has 1 aliphatic heterocycles. The molecule has 0 bridgehead atoms. The van der Waals surface area contributed by atoms with Gasteiger partial charge in [-0.3, -0.25) is 4.79 Å². The van der Waals surface area contributed by atoms with Gasteiger partial charge in [-0.15, -0.1) is 0 Å². The van der Waals surface area contributed by atoms with Crippen molar-refractivity contribution < 1.29 is 4.79 Å². The fraction of sp³-hybridized carbons (Fsp3) is 0.588. The predicted octanol–water partition coefficient (Wildman–Crippen LogP) is 2.95. The lowest BCUT2D eigenvalue weighted by Gasteiger charge is -2.22. The van der Waals surface area contributed by atoms with E-state index in [-0.39, 0.29) is 11.9 Å². The highest BCUT2D eigenvalue weighted by molar-refractivity contribution is 5.76. The van der Waals surface area contributed by atoms with E-state index in [9.17, 15) is 4.79 Å². The van der Waals surface area contributed by atoms with Gasteiger partial charge in [-0.05, 0) is 57.7 Å². The van der Waals surface area contributed by atoms with Gasteiger partial charge in [-0.1, -0.05) is 29.8 Å². The molecule has 1 aromatic carbocycles. The van der Waals surface area contributed by atoms with E-state index in [4.69, 9.17) is 0 Å². The van der Waals surface area contributed by atoms with Crippen molar-refractivity contribution in [3.05, 3.63) is 35.4 Å². The summed E-state index contributed by atoms with van der Waals surface area (Å²) < 4.78 is 0. The Kier molecular flexibility index (Phi) is 5.60. The van der Waals surface area contributed by atoms with E-state index in [1.807, 2.05) is 6.07 Å². The zero-order valence-electron chi connectivity index (χ0n) is 12.6. The molecule has 3 nitrogen and oxygen atoms in total. The van der Waals surface area contributed by atoms with Gasteiger partial charge in [0.1, 0.15) is 0 Å². The number of benzene rings is 1. The molecule has 2 atom stereocenters. The minimum absolute atomic E-state index is 0.0897. The maximum Gasteiger partial charge on any atom is 0.220 e. The summed E-state index contributed by atoms with van der Waals surface area (Å²) in [6, 6.07) is 8.42. The highest BCUT2D eigenvalue weighted by atomic mass is 16.1. The summed E-state index contributed by atoms with van der Waals surface area (Å²) in [6.45, 7) is 6.33. The van der Waals surface area contributed by atoms with Gasteiger partial charge in [-0.25, -0.2) is 0 Å². The summed E-state index contributed by atoms with van der Waals surface area (Å²) in [5.74, 6) is 0.841. The number of rotatable bonds is 5. The van der Waals surface area contributed by atoms with E-state index < -0.39 is 0 Å². The maximum absolute atomic E-state index is 12.0. The molecule has 1 aromatic rings. The third-order valence-electron chi connectivity index (χ3n) is 4.10. The average molecular weight is 274 g/mol. The van der Waals surface area contributed by atoms with Gasteiger partial charge in [0, 0.05) is 6.42 Å². The van der Waals surface area contributed by atoms with E-state index in [0.717, 1.165) is 19.5 Å². The molecule has 3 heteroatoms. The summed E-state index contributed by atoms with van der Waals surface area (Å²) in [5, 5.41) is 6.50. The molecule has 2 rings (SSSR count). The van der Waals surface area contributed by atoms with Gasteiger partial charge in [0.25, 0.3) is 0 Å². The van der Waals surface area contributed by atoms with Gasteiger partial charge in [-0.2, -0.15) is 0 Å². The van der Waals surface area contributed by atoms with E-state index in [1.54, 1.807) is 0 Å². The van der Waals surface area contributed by atoms with Crippen LogP contribution >= 0.6 is 0 Å². The van der Waals surface area contributed by atoms with Crippen molar-refractivity contribution in [2.24, 2.45) is 5.92 Å². The number of piperidine rings is 1. The van der Waals surface area contributed by atoms with Crippen LogP contribution < -0.4 is 10.6 Å². The molecular formula is C17H26N2O. The molecule has 1 amide bonds. The minimum atomic E-state index is 0.0897. The highest BCUT2D eigenvalue weighted by Gasteiger charge is 2.15. The lowest BCUT2D eigenvalue weighted by atomic mass is 9.94. The van der Waals surface area contributed by atoms with Gasteiger partial charge in [0.2, 0.25) is 5.91 Å². The Morgan fingerprint density at radius 3 is 3.05 bits per heavy atom. The van der Waals surface area contributed by atoms with Crippen LogP contribution in [0, 0.1) is 12.8 Å². The zero-order chi connectivity index (χ0) is 14.4. The molecule has 1 saturated heterocycles. The summed E-state index contributed by atoms with van der Waals surface area (Å²) in [7, 11) is 0. The monoisotopic (exact) mass is 274 g/mol. The van der Waals surface area contributed by atoms with Crippen LogP contribution in [0.1, 0.15) is 49.8 Å². The minimum Gasteiger partial charge on any atom is -0.350 e. The van der Waals surface area contributed by atoms with Gasteiger partial charge in [0.05, 0.1) is 6.04 Å². The van der Waals surface area contributed by atoms with Crippen LogP contribution in [0.15, 0.2) is 24.3 Å². The van der Waals surface area contributed by atoms with Crippen molar-refractivity contribution in [3.63, 3.8) is 0 Å². The second kappa shape index (κ2) is 7.44. The Morgan fingerprint density at radius 1 is 1.50 bits per heavy atom. The molecule has 2 N–H and O–H groups in total. The molecule has 110 valence electrons. The van der Waals surface area contributed by atoms with E-state index in [1.165, 1.54) is 24.0 Å². The molecule has 0 radical (unpaired) electrons. The molecule has 0 aliphatic carbocycles. The molecular weight excluding hydrogens is 248 g/mol. The van der Waals surface area contributed by atoms with Crippen molar-refractivity contribution in [3.8, 4) is 0 Å². The lowest BCUT2D eigenvalue weighted by Crippen LogP contribution is -2.31. The summed E-state index contributed by atoms with van der Waals surface area (Å²) in [4.78, 5) is 12.0. The molecule has 0 spiro atoms. The predicted molar refractivity (Wildman–Crippen MR) is 82.6 cm³/mol. The molecule has 1 unspecified atom stereocenters. The van der Waals surface area contributed by atoms with Crippen LogP contribution in [0.5, 0.6) is 0 Å². The number of carbonyl (C=O) groups is 1. The van der Waals surface area contributed by atoms with Crippen LogP contribution in [0.25, 0.3) is 0 Å². The molecule has 1 fully saturated rings. The first-order valence-electron chi connectivity index (χ1n) is 7.72. The highest BCUT2D eigenvalue weighted by Crippen LogP contribution is 2.17. The van der Waals surface area contributed by atoms with Crippen LogP contribution in [0.2, 0.25) is 0 Å². The van der Waals surface area contributed by atoms with Crippen molar-refractivity contribution in [1.29, 1.82) is 0 Å². The molecule has 20 heavy (non-hydrogen) atoms. The lowest BCUT2D eigenvalue weighted by molar-refractivity contribution is -0.122.